The van der Waals surface area contributed by atoms with Gasteiger partial charge in [-0.3, -0.25) is 0 Å². The van der Waals surface area contributed by atoms with Crippen molar-refractivity contribution in [1.82, 2.24) is 9.97 Å². The predicted octanol–water partition coefficient (Wildman–Crippen LogP) is 5.72. The van der Waals surface area contributed by atoms with E-state index in [1.165, 1.54) is 14.2 Å². The summed E-state index contributed by atoms with van der Waals surface area (Å²) in [6, 6.07) is 23.2. The standard InChI is InChI=1S/C23H20N4O3/c1-28-21-14-22(29-2)26-23(25-21)30-20-13-12-16-8-6-7-11-18(16)19(20)15-24-27-17-9-4-3-5-10-17/h3-14H,15H2,1-2H3. The second kappa shape index (κ2) is 9.00. The van der Waals surface area contributed by atoms with E-state index in [1.54, 1.807) is 6.07 Å². The van der Waals surface area contributed by atoms with E-state index in [4.69, 9.17) is 14.2 Å². The highest BCUT2D eigenvalue weighted by molar-refractivity contribution is 5.87. The molecule has 0 aliphatic rings. The molecule has 1 heterocycles. The number of rotatable bonds is 7. The maximum atomic E-state index is 6.02. The Hall–Kier alpha value is -4.00. The molecule has 0 saturated heterocycles. The molecular formula is C23H20N4O3. The van der Waals surface area contributed by atoms with E-state index in [9.17, 15) is 0 Å². The van der Waals surface area contributed by atoms with Crippen LogP contribution in [0.25, 0.3) is 10.8 Å². The Morgan fingerprint density at radius 3 is 2.23 bits per heavy atom. The van der Waals surface area contributed by atoms with Crippen LogP contribution in [0.4, 0.5) is 5.69 Å². The fourth-order valence-electron chi connectivity index (χ4n) is 2.99. The zero-order valence-corrected chi connectivity index (χ0v) is 16.6. The molecule has 7 heteroatoms. The van der Waals surface area contributed by atoms with Crippen LogP contribution in [0.1, 0.15) is 5.56 Å². The van der Waals surface area contributed by atoms with Gasteiger partial charge in [0, 0.05) is 5.56 Å². The van der Waals surface area contributed by atoms with Crippen molar-refractivity contribution in [1.29, 1.82) is 0 Å². The molecule has 0 amide bonds. The second-order valence-corrected chi connectivity index (χ2v) is 6.34. The summed E-state index contributed by atoms with van der Waals surface area (Å²) in [6.07, 6.45) is 0. The van der Waals surface area contributed by atoms with Gasteiger partial charge in [0.05, 0.1) is 32.5 Å². The molecular weight excluding hydrogens is 380 g/mol. The molecule has 0 bridgehead atoms. The topological polar surface area (TPSA) is 78.2 Å². The van der Waals surface area contributed by atoms with E-state index in [-0.39, 0.29) is 6.01 Å². The van der Waals surface area contributed by atoms with Gasteiger partial charge in [0.1, 0.15) is 5.75 Å². The van der Waals surface area contributed by atoms with Gasteiger partial charge in [0.2, 0.25) is 11.8 Å². The summed E-state index contributed by atoms with van der Waals surface area (Å²) in [5.41, 5.74) is 1.68. The summed E-state index contributed by atoms with van der Waals surface area (Å²) in [6.45, 7) is 0.340. The zero-order chi connectivity index (χ0) is 20.8. The lowest BCUT2D eigenvalue weighted by molar-refractivity contribution is 0.347. The predicted molar refractivity (Wildman–Crippen MR) is 114 cm³/mol. The van der Waals surface area contributed by atoms with Crippen molar-refractivity contribution < 1.29 is 14.2 Å². The highest BCUT2D eigenvalue weighted by Gasteiger charge is 2.13. The maximum Gasteiger partial charge on any atom is 0.328 e. The van der Waals surface area contributed by atoms with Gasteiger partial charge in [-0.25, -0.2) is 0 Å². The quantitative estimate of drug-likeness (QED) is 0.371. The molecule has 0 spiro atoms. The summed E-state index contributed by atoms with van der Waals surface area (Å²) in [5.74, 6) is 1.29. The van der Waals surface area contributed by atoms with E-state index in [1.807, 2.05) is 66.7 Å². The highest BCUT2D eigenvalue weighted by atomic mass is 16.5. The molecule has 3 aromatic carbocycles. The first-order valence-corrected chi connectivity index (χ1v) is 9.35. The number of fused-ring (bicyclic) bond motifs is 1. The lowest BCUT2D eigenvalue weighted by Crippen LogP contribution is -2.00. The van der Waals surface area contributed by atoms with Gasteiger partial charge in [-0.1, -0.05) is 48.5 Å². The van der Waals surface area contributed by atoms with Gasteiger partial charge in [-0.05, 0) is 29.0 Å². The minimum atomic E-state index is 0.128. The smallest absolute Gasteiger partial charge is 0.328 e. The highest BCUT2D eigenvalue weighted by Crippen LogP contribution is 2.32. The average molecular weight is 400 g/mol. The number of nitrogens with zero attached hydrogens (tertiary/aromatic N) is 4. The van der Waals surface area contributed by atoms with Gasteiger partial charge in [0.25, 0.3) is 0 Å². The molecule has 0 aliphatic heterocycles. The van der Waals surface area contributed by atoms with Crippen LogP contribution in [0.2, 0.25) is 0 Å². The third kappa shape index (κ3) is 4.35. The SMILES string of the molecule is COc1cc(OC)nc(Oc2ccc3ccccc3c2CN=Nc2ccccc2)n1. The van der Waals surface area contributed by atoms with Crippen LogP contribution in [0.15, 0.2) is 83.0 Å². The molecule has 4 aromatic rings. The van der Waals surface area contributed by atoms with E-state index in [0.717, 1.165) is 22.0 Å². The molecule has 0 N–H and O–H groups in total. The van der Waals surface area contributed by atoms with Crippen LogP contribution in [0.5, 0.6) is 23.5 Å². The van der Waals surface area contributed by atoms with Gasteiger partial charge in [-0.15, -0.1) is 0 Å². The number of azo groups is 1. The van der Waals surface area contributed by atoms with Crippen molar-refractivity contribution in [3.63, 3.8) is 0 Å². The summed E-state index contributed by atoms with van der Waals surface area (Å²) < 4.78 is 16.4. The van der Waals surface area contributed by atoms with Gasteiger partial charge in [0.15, 0.2) is 0 Å². The number of benzene rings is 3. The van der Waals surface area contributed by atoms with Gasteiger partial charge >= 0.3 is 6.01 Å². The number of aromatic nitrogens is 2. The minimum Gasteiger partial charge on any atom is -0.481 e. The summed E-state index contributed by atoms with van der Waals surface area (Å²) >= 11 is 0. The Morgan fingerprint density at radius 2 is 1.50 bits per heavy atom. The van der Waals surface area contributed by atoms with Crippen molar-refractivity contribution in [2.45, 2.75) is 6.54 Å². The summed E-state index contributed by atoms with van der Waals surface area (Å²) in [7, 11) is 3.05. The third-order valence-corrected chi connectivity index (χ3v) is 4.45. The normalized spacial score (nSPS) is 11.0. The Kier molecular flexibility index (Phi) is 5.80. The van der Waals surface area contributed by atoms with Crippen LogP contribution in [0.3, 0.4) is 0 Å². The minimum absolute atomic E-state index is 0.128. The van der Waals surface area contributed by atoms with Crippen LogP contribution in [0, 0.1) is 0 Å². The summed E-state index contributed by atoms with van der Waals surface area (Å²) in [5, 5.41) is 10.8. The number of hydrogen-bond acceptors (Lipinski definition) is 7. The van der Waals surface area contributed by atoms with Crippen LogP contribution in [-0.4, -0.2) is 24.2 Å². The molecule has 0 unspecified atom stereocenters. The van der Waals surface area contributed by atoms with Gasteiger partial charge < -0.3 is 14.2 Å². The van der Waals surface area contributed by atoms with E-state index < -0.39 is 0 Å². The van der Waals surface area contributed by atoms with Crippen LogP contribution >= 0.6 is 0 Å². The van der Waals surface area contributed by atoms with Crippen molar-refractivity contribution in [2.24, 2.45) is 10.2 Å². The molecule has 7 nitrogen and oxygen atoms in total. The molecule has 0 aliphatic carbocycles. The first kappa shape index (κ1) is 19.3. The monoisotopic (exact) mass is 400 g/mol. The lowest BCUT2D eigenvalue weighted by Gasteiger charge is -2.12. The van der Waals surface area contributed by atoms with Crippen molar-refractivity contribution in [2.75, 3.05) is 14.2 Å². The first-order valence-electron chi connectivity index (χ1n) is 9.35. The Morgan fingerprint density at radius 1 is 0.800 bits per heavy atom. The molecule has 4 rings (SSSR count). The number of hydrogen-bond donors (Lipinski definition) is 0. The molecule has 1 aromatic heterocycles. The Balaban J connectivity index is 1.71. The fraction of sp³-hybridized carbons (Fsp3) is 0.130. The first-order chi connectivity index (χ1) is 14.8. The number of methoxy groups -OCH3 is 2. The van der Waals surface area contributed by atoms with E-state index in [2.05, 4.69) is 20.2 Å². The molecule has 150 valence electrons. The zero-order valence-electron chi connectivity index (χ0n) is 16.6. The molecule has 30 heavy (non-hydrogen) atoms. The van der Waals surface area contributed by atoms with Gasteiger partial charge in [-0.2, -0.15) is 20.2 Å². The van der Waals surface area contributed by atoms with Crippen molar-refractivity contribution in [3.05, 3.63) is 78.4 Å². The Bertz CT molecular complexity index is 1160. The average Bonchev–Trinajstić information content (AvgIpc) is 2.80. The lowest BCUT2D eigenvalue weighted by atomic mass is 10.0. The van der Waals surface area contributed by atoms with Crippen molar-refractivity contribution in [3.8, 4) is 23.5 Å². The largest absolute Gasteiger partial charge is 0.481 e. The van der Waals surface area contributed by atoms with E-state index in [0.29, 0.717) is 24.1 Å². The summed E-state index contributed by atoms with van der Waals surface area (Å²) in [4.78, 5) is 8.51. The van der Waals surface area contributed by atoms with Crippen LogP contribution in [-0.2, 0) is 6.54 Å². The fourth-order valence-corrected chi connectivity index (χ4v) is 2.99. The Labute approximate surface area is 174 Å². The second-order valence-electron chi connectivity index (χ2n) is 6.34. The third-order valence-electron chi connectivity index (χ3n) is 4.45. The molecule has 0 radical (unpaired) electrons. The van der Waals surface area contributed by atoms with Crippen LogP contribution < -0.4 is 14.2 Å². The molecule has 0 atom stereocenters. The molecule has 0 saturated carbocycles. The maximum absolute atomic E-state index is 6.02. The van der Waals surface area contributed by atoms with E-state index >= 15 is 0 Å². The van der Waals surface area contributed by atoms with Crippen molar-refractivity contribution >= 4 is 16.5 Å². The molecule has 0 fully saturated rings. The number of ether oxygens (including phenoxy) is 3.